The molecule has 0 aliphatic carbocycles. The predicted octanol–water partition coefficient (Wildman–Crippen LogP) is 3.73. The summed E-state index contributed by atoms with van der Waals surface area (Å²) in [4.78, 5) is 26.8. The first kappa shape index (κ1) is 21.5. The molecule has 8 nitrogen and oxygen atoms in total. The number of hydrogen-bond acceptors (Lipinski definition) is 6. The van der Waals surface area contributed by atoms with Gasteiger partial charge in [-0.2, -0.15) is 0 Å². The number of aromatic amines is 2. The van der Waals surface area contributed by atoms with Crippen LogP contribution in [0, 0.1) is 0 Å². The molecule has 2 aromatic heterocycles. The molecule has 4 heterocycles. The molecule has 2 aromatic carbocycles. The first-order valence-corrected chi connectivity index (χ1v) is 12.2. The number of nitrogens with zero attached hydrogens (tertiary/aromatic N) is 2. The Balaban J connectivity index is 1.44. The lowest BCUT2D eigenvalue weighted by Crippen LogP contribution is -2.36. The van der Waals surface area contributed by atoms with Crippen LogP contribution in [0.15, 0.2) is 41.2 Å². The van der Waals surface area contributed by atoms with Crippen molar-refractivity contribution in [3.8, 4) is 11.4 Å². The van der Waals surface area contributed by atoms with Gasteiger partial charge in [-0.3, -0.25) is 4.79 Å². The number of H-pyrrole nitrogens is 2. The lowest BCUT2D eigenvalue weighted by Gasteiger charge is -2.28. The summed E-state index contributed by atoms with van der Waals surface area (Å²) in [5.41, 5.74) is 4.63. The van der Waals surface area contributed by atoms with Gasteiger partial charge < -0.3 is 30.2 Å². The van der Waals surface area contributed by atoms with Crippen molar-refractivity contribution in [2.24, 2.45) is 0 Å². The average Bonchev–Trinajstić information content (AvgIpc) is 3.52. The molecule has 4 N–H and O–H groups in total. The lowest BCUT2D eigenvalue weighted by molar-refractivity contribution is 0.122. The summed E-state index contributed by atoms with van der Waals surface area (Å²) < 4.78 is 5.48. The van der Waals surface area contributed by atoms with Crippen LogP contribution < -0.4 is 21.1 Å². The highest BCUT2D eigenvalue weighted by Gasteiger charge is 2.21. The topological polar surface area (TPSA) is 98.1 Å². The van der Waals surface area contributed by atoms with Crippen molar-refractivity contribution in [2.45, 2.75) is 18.9 Å². The number of morpholine rings is 1. The SMILES string of the molecule is O=c1[nH]c2cc(Cl)ccc2c(NC[C@H]2CCCN2)c1-c1nc2ccc(N3CCOCC3)cc2[nH]1. The molecule has 2 aliphatic heterocycles. The summed E-state index contributed by atoms with van der Waals surface area (Å²) in [6.07, 6.45) is 2.28. The smallest absolute Gasteiger partial charge is 0.261 e. The largest absolute Gasteiger partial charge is 0.382 e. The van der Waals surface area contributed by atoms with Crippen LogP contribution in [-0.4, -0.2) is 60.4 Å². The predicted molar refractivity (Wildman–Crippen MR) is 137 cm³/mol. The van der Waals surface area contributed by atoms with E-state index in [1.807, 2.05) is 18.2 Å². The second-order valence-electron chi connectivity index (χ2n) is 8.95. The lowest BCUT2D eigenvalue weighted by atomic mass is 10.1. The molecule has 34 heavy (non-hydrogen) atoms. The number of hydrogen-bond donors (Lipinski definition) is 4. The van der Waals surface area contributed by atoms with Crippen LogP contribution in [0.4, 0.5) is 11.4 Å². The van der Waals surface area contributed by atoms with Gasteiger partial charge in [-0.05, 0) is 55.8 Å². The van der Waals surface area contributed by atoms with E-state index in [0.717, 1.165) is 73.6 Å². The van der Waals surface area contributed by atoms with Crippen LogP contribution in [0.3, 0.4) is 0 Å². The Bertz CT molecular complexity index is 1400. The maximum atomic E-state index is 13.3. The van der Waals surface area contributed by atoms with Crippen LogP contribution in [-0.2, 0) is 4.74 Å². The Kier molecular flexibility index (Phi) is 5.64. The van der Waals surface area contributed by atoms with Crippen molar-refractivity contribution < 1.29 is 4.74 Å². The standard InChI is InChI=1S/C25H27ClN6O2/c26-15-3-5-18-20(12-15)31-25(33)22(23(18)28-14-16-2-1-7-27-16)24-29-19-6-4-17(13-21(19)30-24)32-8-10-34-11-9-32/h3-6,12-13,16,27H,1-2,7-11,14H2,(H,29,30)(H2,28,31,33)/t16-/m1/s1. The van der Waals surface area contributed by atoms with E-state index in [0.29, 0.717) is 28.0 Å². The fraction of sp³-hybridized carbons (Fsp3) is 0.360. The van der Waals surface area contributed by atoms with Crippen LogP contribution in [0.5, 0.6) is 0 Å². The van der Waals surface area contributed by atoms with E-state index in [1.54, 1.807) is 6.07 Å². The van der Waals surface area contributed by atoms with E-state index in [9.17, 15) is 4.79 Å². The first-order chi connectivity index (χ1) is 16.7. The molecular formula is C25H27ClN6O2. The van der Waals surface area contributed by atoms with E-state index >= 15 is 0 Å². The summed E-state index contributed by atoms with van der Waals surface area (Å²) in [6, 6.07) is 12.1. The molecule has 0 bridgehead atoms. The molecule has 0 spiro atoms. The first-order valence-electron chi connectivity index (χ1n) is 11.8. The normalized spacial score (nSPS) is 18.7. The summed E-state index contributed by atoms with van der Waals surface area (Å²) in [7, 11) is 0. The molecule has 0 radical (unpaired) electrons. The Morgan fingerprint density at radius 1 is 1.12 bits per heavy atom. The van der Waals surface area contributed by atoms with Gasteiger partial charge in [0.15, 0.2) is 0 Å². The molecule has 2 saturated heterocycles. The number of ether oxygens (including phenoxy) is 1. The van der Waals surface area contributed by atoms with Gasteiger partial charge in [0.2, 0.25) is 0 Å². The second-order valence-corrected chi connectivity index (χ2v) is 9.39. The molecule has 9 heteroatoms. The highest BCUT2D eigenvalue weighted by atomic mass is 35.5. The number of fused-ring (bicyclic) bond motifs is 2. The van der Waals surface area contributed by atoms with Gasteiger partial charge in [0, 0.05) is 41.8 Å². The van der Waals surface area contributed by atoms with E-state index in [1.165, 1.54) is 6.42 Å². The van der Waals surface area contributed by atoms with Crippen LogP contribution >= 0.6 is 11.6 Å². The second kappa shape index (κ2) is 8.94. The number of aromatic nitrogens is 3. The van der Waals surface area contributed by atoms with Crippen LogP contribution in [0.25, 0.3) is 33.3 Å². The fourth-order valence-corrected chi connectivity index (χ4v) is 5.14. The summed E-state index contributed by atoms with van der Waals surface area (Å²) in [5.74, 6) is 0.550. The highest BCUT2D eigenvalue weighted by molar-refractivity contribution is 6.31. The fourth-order valence-electron chi connectivity index (χ4n) is 4.97. The molecule has 6 rings (SSSR count). The van der Waals surface area contributed by atoms with Crippen molar-refractivity contribution in [2.75, 3.05) is 49.6 Å². The number of benzene rings is 2. The zero-order valence-electron chi connectivity index (χ0n) is 18.8. The quantitative estimate of drug-likeness (QED) is 0.349. The number of halogens is 1. The van der Waals surface area contributed by atoms with Gasteiger partial charge in [-0.15, -0.1) is 0 Å². The average molecular weight is 479 g/mol. The highest BCUT2D eigenvalue weighted by Crippen LogP contribution is 2.33. The van der Waals surface area contributed by atoms with Crippen molar-refractivity contribution in [3.05, 3.63) is 51.8 Å². The Morgan fingerprint density at radius 2 is 2.00 bits per heavy atom. The van der Waals surface area contributed by atoms with E-state index in [2.05, 4.69) is 37.6 Å². The molecule has 4 aromatic rings. The van der Waals surface area contributed by atoms with Gasteiger partial charge in [0.25, 0.3) is 5.56 Å². The minimum absolute atomic E-state index is 0.205. The summed E-state index contributed by atoms with van der Waals surface area (Å²) >= 11 is 6.21. The molecule has 0 saturated carbocycles. The molecule has 2 aliphatic rings. The minimum atomic E-state index is -0.205. The summed E-state index contributed by atoms with van der Waals surface area (Å²) in [6.45, 7) is 4.95. The van der Waals surface area contributed by atoms with Crippen LogP contribution in [0.1, 0.15) is 12.8 Å². The van der Waals surface area contributed by atoms with E-state index in [4.69, 9.17) is 21.3 Å². The molecule has 0 amide bonds. The van der Waals surface area contributed by atoms with E-state index in [-0.39, 0.29) is 5.56 Å². The van der Waals surface area contributed by atoms with Crippen LogP contribution in [0.2, 0.25) is 5.02 Å². The third-order valence-electron chi connectivity index (χ3n) is 6.74. The molecule has 176 valence electrons. The van der Waals surface area contributed by atoms with Crippen molar-refractivity contribution in [1.82, 2.24) is 20.3 Å². The number of anilines is 2. The van der Waals surface area contributed by atoms with Gasteiger partial charge in [0.1, 0.15) is 11.4 Å². The Hall–Kier alpha value is -3.07. The third kappa shape index (κ3) is 4.02. The van der Waals surface area contributed by atoms with Gasteiger partial charge in [0.05, 0.1) is 35.5 Å². The molecule has 0 unspecified atom stereocenters. The van der Waals surface area contributed by atoms with Crippen molar-refractivity contribution in [3.63, 3.8) is 0 Å². The van der Waals surface area contributed by atoms with Crippen molar-refractivity contribution in [1.29, 1.82) is 0 Å². The number of rotatable bonds is 5. The molecule has 1 atom stereocenters. The number of imidazole rings is 1. The monoisotopic (exact) mass is 478 g/mol. The zero-order valence-corrected chi connectivity index (χ0v) is 19.5. The zero-order chi connectivity index (χ0) is 23.1. The minimum Gasteiger partial charge on any atom is -0.382 e. The maximum absolute atomic E-state index is 13.3. The number of pyridine rings is 1. The van der Waals surface area contributed by atoms with E-state index < -0.39 is 0 Å². The van der Waals surface area contributed by atoms with Gasteiger partial charge in [-0.25, -0.2) is 4.98 Å². The Labute approximate surface area is 201 Å². The summed E-state index contributed by atoms with van der Waals surface area (Å²) in [5, 5.41) is 8.56. The molecular weight excluding hydrogens is 452 g/mol. The van der Waals surface area contributed by atoms with Crippen molar-refractivity contribution >= 4 is 44.9 Å². The third-order valence-corrected chi connectivity index (χ3v) is 6.98. The number of nitrogens with one attached hydrogen (secondary N) is 4. The maximum Gasteiger partial charge on any atom is 0.261 e. The van der Waals surface area contributed by atoms with Gasteiger partial charge >= 0.3 is 0 Å². The Morgan fingerprint density at radius 3 is 2.82 bits per heavy atom. The molecule has 2 fully saturated rings. The van der Waals surface area contributed by atoms with Gasteiger partial charge in [-0.1, -0.05) is 11.6 Å².